The van der Waals surface area contributed by atoms with E-state index in [1.165, 1.54) is 6.08 Å². The molecule has 0 saturated carbocycles. The Morgan fingerprint density at radius 3 is 2.05 bits per heavy atom. The molecule has 6 rings (SSSR count). The van der Waals surface area contributed by atoms with E-state index in [1.807, 2.05) is 54.6 Å². The molecule has 1 aliphatic rings. The van der Waals surface area contributed by atoms with E-state index in [4.69, 9.17) is 20.9 Å². The maximum Gasteiger partial charge on any atom is 0.136 e. The summed E-state index contributed by atoms with van der Waals surface area (Å²) < 4.78 is 30.3. The number of nitrogens with zero attached hydrogens (tertiary/aromatic N) is 4. The van der Waals surface area contributed by atoms with Gasteiger partial charge in [0.15, 0.2) is 0 Å². The van der Waals surface area contributed by atoms with Crippen LogP contribution in [0.3, 0.4) is 0 Å². The lowest BCUT2D eigenvalue weighted by atomic mass is 9.81. The van der Waals surface area contributed by atoms with Gasteiger partial charge in [-0.1, -0.05) is 59.8 Å². The number of nitrogens with one attached hydrogen (secondary N) is 1. The fourth-order valence-electron chi connectivity index (χ4n) is 5.08. The van der Waals surface area contributed by atoms with E-state index in [0.29, 0.717) is 38.9 Å². The third kappa shape index (κ3) is 4.21. The third-order valence-corrected chi connectivity index (χ3v) is 6.99. The highest BCUT2D eigenvalue weighted by Gasteiger charge is 2.32. The van der Waals surface area contributed by atoms with Gasteiger partial charge in [-0.15, -0.1) is 0 Å². The molecule has 0 fully saturated rings. The number of aromatic nitrogens is 1. The van der Waals surface area contributed by atoms with Crippen molar-refractivity contribution in [3.63, 3.8) is 0 Å². The Hall–Kier alpha value is -5.99. The lowest BCUT2D eigenvalue weighted by Gasteiger charge is -2.23. The quantitative estimate of drug-likeness (QED) is 0.185. The van der Waals surface area contributed by atoms with Gasteiger partial charge in [-0.05, 0) is 47.5 Å². The number of halogens is 2. The molecule has 8 heteroatoms. The molecular formula is C33H17F2N5O. The Morgan fingerprint density at radius 1 is 0.756 bits per heavy atom. The summed E-state index contributed by atoms with van der Waals surface area (Å²) in [4.78, 5) is 4.94. The number of pyridine rings is 1. The van der Waals surface area contributed by atoms with Crippen LogP contribution in [0.1, 0.15) is 27.8 Å². The summed E-state index contributed by atoms with van der Waals surface area (Å²) >= 11 is 0. The molecule has 0 bridgehead atoms. The Morgan fingerprint density at radius 2 is 1.41 bits per heavy atom. The van der Waals surface area contributed by atoms with Gasteiger partial charge in [0.05, 0.1) is 45.8 Å². The molecule has 5 aromatic rings. The monoisotopic (exact) mass is 537 g/mol. The van der Waals surface area contributed by atoms with Crippen molar-refractivity contribution in [1.82, 2.24) is 4.98 Å². The van der Waals surface area contributed by atoms with Crippen LogP contribution in [0.25, 0.3) is 44.9 Å². The van der Waals surface area contributed by atoms with Crippen molar-refractivity contribution in [3.8, 4) is 34.5 Å². The number of nitriles is 2. The second kappa shape index (κ2) is 9.96. The third-order valence-electron chi connectivity index (χ3n) is 6.99. The molecule has 1 aliphatic carbocycles. The van der Waals surface area contributed by atoms with Crippen LogP contribution >= 0.6 is 0 Å². The molecule has 0 saturated heterocycles. The summed E-state index contributed by atoms with van der Waals surface area (Å²) in [5.74, 6) is -2.04. The molecule has 0 atom stereocenters. The van der Waals surface area contributed by atoms with Crippen molar-refractivity contribution < 1.29 is 14.0 Å². The minimum atomic E-state index is -1.02. The molecule has 0 unspecified atom stereocenters. The van der Waals surface area contributed by atoms with Crippen LogP contribution in [0.2, 0.25) is 0 Å². The molecule has 0 spiro atoms. The number of fused-ring (bicyclic) bond motifs is 3. The molecule has 41 heavy (non-hydrogen) atoms. The number of allylic oxidation sites excluding steroid dienone is 1. The first-order chi connectivity index (χ1) is 19.9. The molecule has 194 valence electrons. The first-order valence-electron chi connectivity index (χ1n) is 12.4. The fourth-order valence-corrected chi connectivity index (χ4v) is 5.08. The van der Waals surface area contributed by atoms with Crippen LogP contribution in [-0.4, -0.2) is 21.6 Å². The van der Waals surface area contributed by atoms with Crippen LogP contribution in [-0.2, 0) is 0 Å². The molecule has 1 heterocycles. The van der Waals surface area contributed by atoms with E-state index in [2.05, 4.69) is 11.2 Å². The normalized spacial score (nSPS) is 13.4. The predicted molar refractivity (Wildman–Crippen MR) is 152 cm³/mol. The van der Waals surface area contributed by atoms with Gasteiger partial charge < -0.3 is 5.21 Å². The van der Waals surface area contributed by atoms with Crippen LogP contribution in [0.15, 0.2) is 90.1 Å². The Bertz CT molecular complexity index is 2030. The van der Waals surface area contributed by atoms with Gasteiger partial charge in [-0.2, -0.15) is 10.5 Å². The lowest BCUT2D eigenvalue weighted by Crippen LogP contribution is -2.23. The second-order valence-electron chi connectivity index (χ2n) is 9.34. The van der Waals surface area contributed by atoms with Crippen molar-refractivity contribution in [2.24, 2.45) is 5.16 Å². The zero-order chi connectivity index (χ0) is 28.7. The summed E-state index contributed by atoms with van der Waals surface area (Å²) in [7, 11) is 0. The van der Waals surface area contributed by atoms with Crippen molar-refractivity contribution >= 4 is 34.0 Å². The number of benzene rings is 4. The maximum atomic E-state index is 15.2. The summed E-state index contributed by atoms with van der Waals surface area (Å²) in [6.07, 6.45) is 1.47. The number of hydrogen-bond acceptors (Lipinski definition) is 6. The van der Waals surface area contributed by atoms with E-state index in [1.54, 1.807) is 24.3 Å². The lowest BCUT2D eigenvalue weighted by molar-refractivity contribution is 0.321. The van der Waals surface area contributed by atoms with Gasteiger partial charge in [-0.25, -0.2) is 13.8 Å². The average Bonchev–Trinajstić information content (AvgIpc) is 3.00. The summed E-state index contributed by atoms with van der Waals surface area (Å²) in [6.45, 7) is 0. The molecular weight excluding hydrogens is 520 g/mol. The first-order valence-corrected chi connectivity index (χ1v) is 12.4. The molecule has 4 aromatic carbocycles. The first kappa shape index (κ1) is 25.3. The van der Waals surface area contributed by atoms with Gasteiger partial charge in [0, 0.05) is 27.6 Å². The van der Waals surface area contributed by atoms with Crippen LogP contribution < -0.4 is 0 Å². The van der Waals surface area contributed by atoms with Gasteiger partial charge >= 0.3 is 0 Å². The van der Waals surface area contributed by atoms with Gasteiger partial charge in [-0.3, -0.25) is 5.41 Å². The molecule has 0 radical (unpaired) electrons. The molecule has 1 aromatic heterocycles. The Kier molecular flexibility index (Phi) is 6.14. The molecule has 2 N–H and O–H groups in total. The van der Waals surface area contributed by atoms with E-state index >= 15 is 8.78 Å². The zero-order valence-corrected chi connectivity index (χ0v) is 21.2. The van der Waals surface area contributed by atoms with Crippen LogP contribution in [0, 0.1) is 39.7 Å². The summed E-state index contributed by atoms with van der Waals surface area (Å²) in [5, 5.41) is 41.1. The average molecular weight is 538 g/mol. The van der Waals surface area contributed by atoms with Crippen LogP contribution in [0.4, 0.5) is 8.78 Å². The number of hydrogen-bond donors (Lipinski definition) is 2. The van der Waals surface area contributed by atoms with E-state index in [-0.39, 0.29) is 22.6 Å². The Balaban J connectivity index is 1.66. The largest absolute Gasteiger partial charge is 0.410 e. The molecule has 0 amide bonds. The van der Waals surface area contributed by atoms with Gasteiger partial charge in [0.2, 0.25) is 0 Å². The summed E-state index contributed by atoms with van der Waals surface area (Å²) in [6, 6.07) is 27.5. The summed E-state index contributed by atoms with van der Waals surface area (Å²) in [5.41, 5.74) is 3.40. The fraction of sp³-hybridized carbons (Fsp3) is 0. The minimum absolute atomic E-state index is 0.142. The highest BCUT2D eigenvalue weighted by atomic mass is 19.1. The van der Waals surface area contributed by atoms with Crippen molar-refractivity contribution in [2.45, 2.75) is 0 Å². The maximum absolute atomic E-state index is 15.2. The predicted octanol–water partition coefficient (Wildman–Crippen LogP) is 7.34. The van der Waals surface area contributed by atoms with Crippen LogP contribution in [0.5, 0.6) is 0 Å². The highest BCUT2D eigenvalue weighted by Crippen LogP contribution is 2.40. The molecule has 6 nitrogen and oxygen atoms in total. The standard InChI is InChI=1S/C33H17F2N5O/c34-26-12-19(17-37)13-27(35)30(26)25-15-24-29(31(38)33(25)40-41)23-11-10-22(20-8-6-18(16-36)7-9-20)14-28(23)39-32(24)21-4-2-1-3-5-21/h1-15,38,41H/b38-31?,40-33-. The van der Waals surface area contributed by atoms with Gasteiger partial charge in [0.1, 0.15) is 17.3 Å². The van der Waals surface area contributed by atoms with E-state index < -0.39 is 17.2 Å². The smallest absolute Gasteiger partial charge is 0.136 e. The number of oxime groups is 1. The van der Waals surface area contributed by atoms with Gasteiger partial charge in [0.25, 0.3) is 0 Å². The minimum Gasteiger partial charge on any atom is -0.410 e. The van der Waals surface area contributed by atoms with Crippen molar-refractivity contribution in [2.75, 3.05) is 0 Å². The SMILES string of the molecule is N#Cc1ccc(-c2ccc3c4c(c(-c5ccccc5)nc3c2)C=C(c2c(F)cc(C#N)cc2F)/C(=N/O)C4=N)cc1. The van der Waals surface area contributed by atoms with E-state index in [9.17, 15) is 5.21 Å². The number of rotatable bonds is 3. The topological polar surface area (TPSA) is 117 Å². The highest BCUT2D eigenvalue weighted by molar-refractivity contribution is 6.65. The van der Waals surface area contributed by atoms with Crippen molar-refractivity contribution in [3.05, 3.63) is 124 Å². The van der Waals surface area contributed by atoms with Crippen molar-refractivity contribution in [1.29, 1.82) is 15.9 Å². The Labute approximate surface area is 232 Å². The zero-order valence-electron chi connectivity index (χ0n) is 21.2. The second-order valence-corrected chi connectivity index (χ2v) is 9.34. The molecule has 0 aliphatic heterocycles. The van der Waals surface area contributed by atoms with E-state index in [0.717, 1.165) is 23.3 Å².